The molecular formula is C32H33F2N7O3. The lowest BCUT2D eigenvalue weighted by Gasteiger charge is -2.29. The molecule has 0 radical (unpaired) electrons. The van der Waals surface area contributed by atoms with Crippen LogP contribution in [-0.4, -0.2) is 77.9 Å². The topological polar surface area (TPSA) is 116 Å². The van der Waals surface area contributed by atoms with Crippen molar-refractivity contribution in [2.24, 2.45) is 11.8 Å². The molecular weight excluding hydrogens is 568 g/mol. The van der Waals surface area contributed by atoms with Gasteiger partial charge < -0.3 is 25.6 Å². The average Bonchev–Trinajstić information content (AvgIpc) is 3.71. The molecule has 0 bridgehead atoms. The van der Waals surface area contributed by atoms with Gasteiger partial charge in [-0.3, -0.25) is 9.78 Å². The molecule has 3 atom stereocenters. The second-order valence-electron chi connectivity index (χ2n) is 12.1. The molecule has 1 aromatic carbocycles. The van der Waals surface area contributed by atoms with Gasteiger partial charge in [0.2, 0.25) is 5.43 Å². The summed E-state index contributed by atoms with van der Waals surface area (Å²) in [5, 5.41) is 12.8. The number of anilines is 2. The Hall–Kier alpha value is -4.58. The molecule has 4 aromatic rings. The number of nitrogens with one attached hydrogen (secondary N) is 2. The van der Waals surface area contributed by atoms with Crippen LogP contribution in [0, 0.1) is 23.5 Å². The summed E-state index contributed by atoms with van der Waals surface area (Å²) in [5.74, 6) is -2.35. The van der Waals surface area contributed by atoms with E-state index in [9.17, 15) is 14.7 Å². The molecule has 1 unspecified atom stereocenters. The molecule has 1 saturated carbocycles. The van der Waals surface area contributed by atoms with Crippen LogP contribution < -0.4 is 21.1 Å². The number of benzene rings is 1. The van der Waals surface area contributed by atoms with E-state index in [2.05, 4.69) is 39.6 Å². The Morgan fingerprint density at radius 1 is 1.09 bits per heavy atom. The minimum absolute atomic E-state index is 0.115. The van der Waals surface area contributed by atoms with Gasteiger partial charge in [0, 0.05) is 92.2 Å². The van der Waals surface area contributed by atoms with Gasteiger partial charge in [-0.25, -0.2) is 23.2 Å². The molecule has 3 aromatic heterocycles. The Kier molecular flexibility index (Phi) is 6.58. The Balaban J connectivity index is 1.48. The molecule has 3 N–H and O–H groups in total. The first-order valence-electron chi connectivity index (χ1n) is 14.7. The van der Waals surface area contributed by atoms with Crippen molar-refractivity contribution in [1.82, 2.24) is 19.5 Å². The zero-order valence-corrected chi connectivity index (χ0v) is 24.9. The SMILES string of the molecule is CNc1cc(F)c(F)c2c1Cc1ncc(-c3cnc4c(c3)c(=O)c(C(=O)O)cn4NC)c(N3CC4[C@H](CC[C@H]4N(C)C)C3)c1-2. The Morgan fingerprint density at radius 3 is 2.59 bits per heavy atom. The summed E-state index contributed by atoms with van der Waals surface area (Å²) in [6.07, 6.45) is 7.07. The highest BCUT2D eigenvalue weighted by molar-refractivity contribution is 5.98. The molecule has 228 valence electrons. The molecule has 7 rings (SSSR count). The first-order valence-corrected chi connectivity index (χ1v) is 14.7. The lowest BCUT2D eigenvalue weighted by Crippen LogP contribution is -2.35. The van der Waals surface area contributed by atoms with Crippen LogP contribution in [0.4, 0.5) is 20.2 Å². The number of fused-ring (bicyclic) bond motifs is 5. The molecule has 10 nitrogen and oxygen atoms in total. The largest absolute Gasteiger partial charge is 0.477 e. The average molecular weight is 602 g/mol. The maximum atomic E-state index is 15.8. The van der Waals surface area contributed by atoms with E-state index < -0.39 is 28.6 Å². The van der Waals surface area contributed by atoms with Crippen LogP contribution in [0.15, 0.2) is 35.5 Å². The van der Waals surface area contributed by atoms with E-state index in [4.69, 9.17) is 4.98 Å². The van der Waals surface area contributed by atoms with Crippen LogP contribution in [0.1, 0.15) is 34.5 Å². The molecule has 0 spiro atoms. The summed E-state index contributed by atoms with van der Waals surface area (Å²) in [7, 11) is 7.48. The number of hydrogen-bond donors (Lipinski definition) is 3. The Morgan fingerprint density at radius 2 is 1.89 bits per heavy atom. The first-order chi connectivity index (χ1) is 21.1. The van der Waals surface area contributed by atoms with Crippen molar-refractivity contribution in [2.45, 2.75) is 25.3 Å². The van der Waals surface area contributed by atoms with Gasteiger partial charge in [-0.15, -0.1) is 0 Å². The van der Waals surface area contributed by atoms with E-state index >= 15 is 8.78 Å². The van der Waals surface area contributed by atoms with E-state index in [-0.39, 0.29) is 16.6 Å². The molecule has 1 saturated heterocycles. The number of halogens is 2. The maximum Gasteiger partial charge on any atom is 0.341 e. The minimum atomic E-state index is -1.35. The van der Waals surface area contributed by atoms with E-state index in [1.165, 1.54) is 16.9 Å². The van der Waals surface area contributed by atoms with Crippen molar-refractivity contribution in [1.29, 1.82) is 0 Å². The number of carboxylic acids is 1. The Labute approximate surface area is 252 Å². The number of aromatic carboxylic acids is 1. The summed E-state index contributed by atoms with van der Waals surface area (Å²) in [6.45, 7) is 1.49. The van der Waals surface area contributed by atoms with Gasteiger partial charge in [0.1, 0.15) is 5.56 Å². The normalized spacial score (nSPS) is 20.2. The molecule has 3 aliphatic rings. The molecule has 2 aliphatic carbocycles. The van der Waals surface area contributed by atoms with Gasteiger partial charge in [0.05, 0.1) is 16.8 Å². The summed E-state index contributed by atoms with van der Waals surface area (Å²) in [4.78, 5) is 39.1. The lowest BCUT2D eigenvalue weighted by atomic mass is 9.96. The van der Waals surface area contributed by atoms with Crippen LogP contribution in [0.5, 0.6) is 0 Å². The summed E-state index contributed by atoms with van der Waals surface area (Å²) in [6, 6.07) is 3.22. The highest BCUT2D eigenvalue weighted by Gasteiger charge is 2.45. The molecule has 44 heavy (non-hydrogen) atoms. The predicted octanol–water partition coefficient (Wildman–Crippen LogP) is 4.00. The number of carbonyl (C=O) groups is 1. The fourth-order valence-corrected chi connectivity index (χ4v) is 7.72. The lowest BCUT2D eigenvalue weighted by molar-refractivity contribution is 0.0695. The van der Waals surface area contributed by atoms with E-state index in [0.29, 0.717) is 57.9 Å². The fourth-order valence-electron chi connectivity index (χ4n) is 7.72. The summed E-state index contributed by atoms with van der Waals surface area (Å²) >= 11 is 0. The van der Waals surface area contributed by atoms with Crippen molar-refractivity contribution in [2.75, 3.05) is 56.9 Å². The third kappa shape index (κ3) is 4.07. The van der Waals surface area contributed by atoms with Crippen LogP contribution in [0.3, 0.4) is 0 Å². The minimum Gasteiger partial charge on any atom is -0.477 e. The van der Waals surface area contributed by atoms with Crippen LogP contribution in [0.2, 0.25) is 0 Å². The van der Waals surface area contributed by atoms with Crippen molar-refractivity contribution in [3.63, 3.8) is 0 Å². The van der Waals surface area contributed by atoms with E-state index in [0.717, 1.165) is 31.6 Å². The van der Waals surface area contributed by atoms with Crippen molar-refractivity contribution in [3.05, 3.63) is 69.4 Å². The number of aromatic nitrogens is 3. The van der Waals surface area contributed by atoms with Crippen LogP contribution in [-0.2, 0) is 6.42 Å². The highest BCUT2D eigenvalue weighted by atomic mass is 19.2. The monoisotopic (exact) mass is 601 g/mol. The number of carboxylic acid groups (broad SMARTS) is 1. The number of nitrogens with zero attached hydrogens (tertiary/aromatic N) is 5. The van der Waals surface area contributed by atoms with E-state index in [1.54, 1.807) is 32.6 Å². The third-order valence-corrected chi connectivity index (χ3v) is 9.74. The fraction of sp³-hybridized carbons (Fsp3) is 0.375. The summed E-state index contributed by atoms with van der Waals surface area (Å²) < 4.78 is 32.2. The van der Waals surface area contributed by atoms with Gasteiger partial charge in [0.15, 0.2) is 17.3 Å². The highest BCUT2D eigenvalue weighted by Crippen LogP contribution is 2.52. The zero-order chi connectivity index (χ0) is 31.0. The van der Waals surface area contributed by atoms with E-state index in [1.807, 2.05) is 0 Å². The van der Waals surface area contributed by atoms with Crippen molar-refractivity contribution >= 4 is 28.4 Å². The molecule has 2 fully saturated rings. The van der Waals surface area contributed by atoms with Gasteiger partial charge in [-0.05, 0) is 50.4 Å². The number of pyridine rings is 3. The van der Waals surface area contributed by atoms with Gasteiger partial charge >= 0.3 is 5.97 Å². The molecule has 1 aliphatic heterocycles. The molecule has 12 heteroatoms. The second-order valence-corrected chi connectivity index (χ2v) is 12.1. The standard InChI is InChI=1S/C32H33F2N7O3/c1-35-23-9-22(33)28(34)26-17(23)8-24-27(26)29(40-12-15-5-6-25(39(3)4)20(15)13-40)19(11-37-24)16-7-18-30(42)21(32(43)44)14-41(36-2)31(18)38-10-16/h7,9-11,14-15,20,25,35-36H,5-6,8,12-13H2,1-4H3,(H,43,44)/t15-,20?,25-/m1/s1. The smallest absolute Gasteiger partial charge is 0.341 e. The van der Waals surface area contributed by atoms with Crippen molar-refractivity contribution in [3.8, 4) is 22.3 Å². The quantitative estimate of drug-likeness (QED) is 0.266. The zero-order valence-electron chi connectivity index (χ0n) is 24.9. The predicted molar refractivity (Wildman–Crippen MR) is 165 cm³/mol. The Bertz CT molecular complexity index is 1930. The molecule has 0 amide bonds. The van der Waals surface area contributed by atoms with Crippen molar-refractivity contribution < 1.29 is 18.7 Å². The van der Waals surface area contributed by atoms with Gasteiger partial charge in [-0.1, -0.05) is 0 Å². The third-order valence-electron chi connectivity index (χ3n) is 9.74. The van der Waals surface area contributed by atoms with Crippen LogP contribution in [0.25, 0.3) is 33.3 Å². The number of rotatable bonds is 6. The first kappa shape index (κ1) is 28.2. The maximum absolute atomic E-state index is 15.8. The van der Waals surface area contributed by atoms with Crippen LogP contribution >= 0.6 is 0 Å². The van der Waals surface area contributed by atoms with Gasteiger partial charge in [0.25, 0.3) is 0 Å². The molecule has 4 heterocycles. The number of hydrogen-bond acceptors (Lipinski definition) is 8. The second kappa shape index (κ2) is 10.3. The van der Waals surface area contributed by atoms with Gasteiger partial charge in [-0.2, -0.15) is 0 Å². The summed E-state index contributed by atoms with van der Waals surface area (Å²) in [5.41, 5.74) is 6.53.